The minimum absolute atomic E-state index is 0.161. The SMILES string of the molecule is C=CCN1C(=O)N/C(=C/c2cc(C)n(-c3ccc(C(=O)OCC)cc3)c2C)C1=O. The van der Waals surface area contributed by atoms with Crippen LogP contribution in [0.25, 0.3) is 11.8 Å². The van der Waals surface area contributed by atoms with E-state index in [2.05, 4.69) is 11.9 Å². The molecule has 3 rings (SSSR count). The van der Waals surface area contributed by atoms with Gasteiger partial charge in [0, 0.05) is 23.6 Å². The second-order valence-electron chi connectivity index (χ2n) is 6.62. The molecule has 0 atom stereocenters. The van der Waals surface area contributed by atoms with Crippen LogP contribution in [0.2, 0.25) is 0 Å². The highest BCUT2D eigenvalue weighted by molar-refractivity contribution is 6.14. The van der Waals surface area contributed by atoms with E-state index < -0.39 is 6.03 Å². The minimum atomic E-state index is -0.454. The fourth-order valence-electron chi connectivity index (χ4n) is 3.31. The van der Waals surface area contributed by atoms with Crippen molar-refractivity contribution < 1.29 is 19.1 Å². The molecule has 2 heterocycles. The third-order valence-corrected chi connectivity index (χ3v) is 4.68. The van der Waals surface area contributed by atoms with E-state index in [4.69, 9.17) is 4.74 Å². The van der Waals surface area contributed by atoms with Crippen molar-refractivity contribution in [3.8, 4) is 5.69 Å². The van der Waals surface area contributed by atoms with Gasteiger partial charge in [-0.3, -0.25) is 9.69 Å². The summed E-state index contributed by atoms with van der Waals surface area (Å²) in [6.07, 6.45) is 3.18. The first kappa shape index (κ1) is 20.1. The lowest BCUT2D eigenvalue weighted by atomic mass is 10.2. The van der Waals surface area contributed by atoms with Crippen LogP contribution in [0.4, 0.5) is 4.79 Å². The quantitative estimate of drug-likeness (QED) is 0.353. The van der Waals surface area contributed by atoms with Crippen molar-refractivity contribution in [1.29, 1.82) is 0 Å². The van der Waals surface area contributed by atoms with E-state index in [-0.39, 0.29) is 24.1 Å². The maximum absolute atomic E-state index is 12.4. The smallest absolute Gasteiger partial charge is 0.338 e. The van der Waals surface area contributed by atoms with Gasteiger partial charge in [-0.15, -0.1) is 6.58 Å². The predicted molar refractivity (Wildman–Crippen MR) is 110 cm³/mol. The van der Waals surface area contributed by atoms with E-state index >= 15 is 0 Å². The number of amides is 3. The van der Waals surface area contributed by atoms with Gasteiger partial charge in [-0.2, -0.15) is 0 Å². The van der Waals surface area contributed by atoms with E-state index in [1.54, 1.807) is 25.1 Å². The van der Waals surface area contributed by atoms with E-state index in [1.807, 2.05) is 36.6 Å². The molecule has 1 saturated heterocycles. The summed E-state index contributed by atoms with van der Waals surface area (Å²) < 4.78 is 7.03. The lowest BCUT2D eigenvalue weighted by Crippen LogP contribution is -2.30. The molecule has 0 radical (unpaired) electrons. The lowest BCUT2D eigenvalue weighted by molar-refractivity contribution is -0.122. The highest BCUT2D eigenvalue weighted by atomic mass is 16.5. The molecule has 7 nitrogen and oxygen atoms in total. The standard InChI is InChI=1S/C22H23N3O4/c1-5-11-24-20(26)19(23-22(24)28)13-17-12-14(3)25(15(17)4)18-9-7-16(8-10-18)21(27)29-6-2/h5,7-10,12-13H,1,6,11H2,2-4H3,(H,23,28)/b19-13+. The maximum atomic E-state index is 12.4. The molecule has 7 heteroatoms. The Morgan fingerprint density at radius 3 is 2.52 bits per heavy atom. The molecule has 0 aliphatic carbocycles. The van der Waals surface area contributed by atoms with Gasteiger partial charge in [0.15, 0.2) is 0 Å². The molecule has 0 bridgehead atoms. The van der Waals surface area contributed by atoms with E-state index in [0.29, 0.717) is 12.2 Å². The number of aromatic nitrogens is 1. The number of urea groups is 1. The van der Waals surface area contributed by atoms with Gasteiger partial charge in [0.25, 0.3) is 5.91 Å². The van der Waals surface area contributed by atoms with Gasteiger partial charge in [-0.05, 0) is 62.7 Å². The van der Waals surface area contributed by atoms with Gasteiger partial charge in [-0.25, -0.2) is 9.59 Å². The molecular formula is C22H23N3O4. The zero-order valence-electron chi connectivity index (χ0n) is 16.7. The Hall–Kier alpha value is -3.61. The van der Waals surface area contributed by atoms with Gasteiger partial charge >= 0.3 is 12.0 Å². The van der Waals surface area contributed by atoms with Crippen LogP contribution in [0.1, 0.15) is 34.2 Å². The molecule has 1 aromatic carbocycles. The molecule has 150 valence electrons. The third kappa shape index (κ3) is 3.85. The van der Waals surface area contributed by atoms with Crippen molar-refractivity contribution in [3.63, 3.8) is 0 Å². The summed E-state index contributed by atoms with van der Waals surface area (Å²) in [5.74, 6) is -0.733. The van der Waals surface area contributed by atoms with Gasteiger partial charge in [0.1, 0.15) is 5.70 Å². The van der Waals surface area contributed by atoms with Crippen molar-refractivity contribution >= 4 is 24.0 Å². The number of carbonyl (C=O) groups excluding carboxylic acids is 3. The zero-order chi connectivity index (χ0) is 21.1. The molecule has 0 saturated carbocycles. The molecule has 3 amide bonds. The molecular weight excluding hydrogens is 370 g/mol. The van der Waals surface area contributed by atoms with Crippen LogP contribution in [0.5, 0.6) is 0 Å². The Kier molecular flexibility index (Phi) is 5.68. The number of ether oxygens (including phenoxy) is 1. The molecule has 0 unspecified atom stereocenters. The van der Waals surface area contributed by atoms with Gasteiger partial charge in [0.05, 0.1) is 12.2 Å². The number of imide groups is 1. The summed E-state index contributed by atoms with van der Waals surface area (Å²) in [5.41, 5.74) is 4.28. The number of aryl methyl sites for hydroxylation is 1. The van der Waals surface area contributed by atoms with Crippen LogP contribution < -0.4 is 5.32 Å². The summed E-state index contributed by atoms with van der Waals surface area (Å²) in [6.45, 7) is 9.70. The van der Waals surface area contributed by atoms with Crippen LogP contribution in [0.3, 0.4) is 0 Å². The monoisotopic (exact) mass is 393 g/mol. The molecule has 2 aromatic rings. The van der Waals surface area contributed by atoms with Gasteiger partial charge in [0.2, 0.25) is 0 Å². The first-order valence-electron chi connectivity index (χ1n) is 9.29. The maximum Gasteiger partial charge on any atom is 0.338 e. The molecule has 1 fully saturated rings. The Labute approximate surface area is 169 Å². The van der Waals surface area contributed by atoms with E-state index in [1.165, 1.54) is 6.08 Å². The van der Waals surface area contributed by atoms with Crippen molar-refractivity contribution in [2.24, 2.45) is 0 Å². The van der Waals surface area contributed by atoms with Crippen molar-refractivity contribution in [2.45, 2.75) is 20.8 Å². The summed E-state index contributed by atoms with van der Waals surface area (Å²) >= 11 is 0. The highest BCUT2D eigenvalue weighted by Gasteiger charge is 2.32. The molecule has 1 aromatic heterocycles. The zero-order valence-corrected chi connectivity index (χ0v) is 16.7. The van der Waals surface area contributed by atoms with Crippen molar-refractivity contribution in [3.05, 3.63) is 71.2 Å². The Balaban J connectivity index is 1.92. The molecule has 1 aliphatic rings. The van der Waals surface area contributed by atoms with Crippen molar-refractivity contribution in [1.82, 2.24) is 14.8 Å². The van der Waals surface area contributed by atoms with Gasteiger partial charge in [-0.1, -0.05) is 6.08 Å². The second kappa shape index (κ2) is 8.18. The fourth-order valence-corrected chi connectivity index (χ4v) is 3.31. The average molecular weight is 393 g/mol. The van der Waals surface area contributed by atoms with Crippen LogP contribution in [-0.2, 0) is 9.53 Å². The summed E-state index contributed by atoms with van der Waals surface area (Å²) in [7, 11) is 0. The predicted octanol–water partition coefficient (Wildman–Crippen LogP) is 3.35. The Morgan fingerprint density at radius 1 is 1.21 bits per heavy atom. The van der Waals surface area contributed by atoms with E-state index in [9.17, 15) is 14.4 Å². The van der Waals surface area contributed by atoms with Crippen LogP contribution in [0.15, 0.2) is 48.7 Å². The molecule has 29 heavy (non-hydrogen) atoms. The number of hydrogen-bond donors (Lipinski definition) is 1. The number of nitrogens with one attached hydrogen (secondary N) is 1. The highest BCUT2D eigenvalue weighted by Crippen LogP contribution is 2.24. The first-order valence-corrected chi connectivity index (χ1v) is 9.29. The molecule has 1 aliphatic heterocycles. The van der Waals surface area contributed by atoms with Crippen LogP contribution in [-0.4, -0.2) is 40.5 Å². The van der Waals surface area contributed by atoms with Crippen LogP contribution in [0, 0.1) is 13.8 Å². The largest absolute Gasteiger partial charge is 0.462 e. The number of esters is 1. The number of benzene rings is 1. The normalized spacial score (nSPS) is 15.0. The minimum Gasteiger partial charge on any atom is -0.462 e. The Bertz CT molecular complexity index is 1020. The molecule has 1 N–H and O–H groups in total. The topological polar surface area (TPSA) is 80.6 Å². The number of hydrogen-bond acceptors (Lipinski definition) is 4. The fraction of sp³-hybridized carbons (Fsp3) is 0.227. The molecule has 0 spiro atoms. The summed E-state index contributed by atoms with van der Waals surface area (Å²) in [6, 6.07) is 8.62. The van der Waals surface area contributed by atoms with Crippen molar-refractivity contribution in [2.75, 3.05) is 13.2 Å². The first-order chi connectivity index (χ1) is 13.9. The lowest BCUT2D eigenvalue weighted by Gasteiger charge is -2.10. The summed E-state index contributed by atoms with van der Waals surface area (Å²) in [4.78, 5) is 37.3. The third-order valence-electron chi connectivity index (χ3n) is 4.68. The number of rotatable bonds is 6. The second-order valence-corrected chi connectivity index (χ2v) is 6.62. The average Bonchev–Trinajstić information content (AvgIpc) is 3.12. The number of carbonyl (C=O) groups is 3. The Morgan fingerprint density at radius 2 is 1.90 bits per heavy atom. The van der Waals surface area contributed by atoms with E-state index in [0.717, 1.165) is 27.5 Å². The van der Waals surface area contributed by atoms with Gasteiger partial charge < -0.3 is 14.6 Å². The number of nitrogens with zero attached hydrogens (tertiary/aromatic N) is 2. The van der Waals surface area contributed by atoms with Crippen LogP contribution >= 0.6 is 0 Å². The summed E-state index contributed by atoms with van der Waals surface area (Å²) in [5, 5.41) is 2.60.